The Morgan fingerprint density at radius 2 is 1.84 bits per heavy atom. The molecule has 0 bridgehead atoms. The number of rotatable bonds is 3. The Kier molecular flexibility index (Phi) is 4.71. The minimum atomic E-state index is -0.206. The van der Waals surface area contributed by atoms with Gasteiger partial charge in [0.25, 0.3) is 0 Å². The summed E-state index contributed by atoms with van der Waals surface area (Å²) in [6.45, 7) is 0. The van der Waals surface area contributed by atoms with Crippen LogP contribution in [0.2, 0.25) is 10.0 Å². The topological polar surface area (TPSA) is 26.3 Å². The summed E-state index contributed by atoms with van der Waals surface area (Å²) >= 11 is 14.1. The fourth-order valence-electron chi connectivity index (χ4n) is 1.67. The van der Waals surface area contributed by atoms with Crippen LogP contribution in [0.3, 0.4) is 0 Å². The van der Waals surface area contributed by atoms with Crippen LogP contribution in [-0.4, -0.2) is 12.9 Å². The average Bonchev–Trinajstić information content (AvgIpc) is 2.40. The maximum atomic E-state index is 12.5. The van der Waals surface area contributed by atoms with Crippen molar-refractivity contribution < 1.29 is 9.53 Å². The van der Waals surface area contributed by atoms with Gasteiger partial charge in [-0.15, -0.1) is 0 Å². The first-order valence-corrected chi connectivity index (χ1v) is 7.19. The second-order valence-electron chi connectivity index (χ2n) is 3.80. The molecule has 0 heterocycles. The van der Waals surface area contributed by atoms with Gasteiger partial charge in [0.05, 0.1) is 17.7 Å². The highest BCUT2D eigenvalue weighted by Gasteiger charge is 2.18. The van der Waals surface area contributed by atoms with Gasteiger partial charge in [-0.3, -0.25) is 4.79 Å². The molecule has 2 nitrogen and oxygen atoms in total. The number of halogens is 3. The van der Waals surface area contributed by atoms with E-state index in [0.717, 1.165) is 3.57 Å². The summed E-state index contributed by atoms with van der Waals surface area (Å²) < 4.78 is 6.16. The van der Waals surface area contributed by atoms with E-state index in [1.807, 2.05) is 6.07 Å². The van der Waals surface area contributed by atoms with Crippen LogP contribution in [0, 0.1) is 3.57 Å². The Morgan fingerprint density at radius 1 is 1.11 bits per heavy atom. The standard InChI is InChI=1S/C14H9Cl2IO2/c1-19-13-5-3-9(17)7-11(13)14(18)10-6-8(15)2-4-12(10)16/h2-7H,1H3. The quantitative estimate of drug-likeness (QED) is 0.538. The van der Waals surface area contributed by atoms with E-state index in [9.17, 15) is 4.79 Å². The number of ketones is 1. The molecule has 2 rings (SSSR count). The summed E-state index contributed by atoms with van der Waals surface area (Å²) in [6.07, 6.45) is 0. The number of hydrogen-bond acceptors (Lipinski definition) is 2. The van der Waals surface area contributed by atoms with Crippen molar-refractivity contribution in [3.05, 3.63) is 61.1 Å². The van der Waals surface area contributed by atoms with E-state index in [-0.39, 0.29) is 5.78 Å². The largest absolute Gasteiger partial charge is 0.496 e. The summed E-state index contributed by atoms with van der Waals surface area (Å²) in [5.74, 6) is 0.310. The Balaban J connectivity index is 2.55. The second-order valence-corrected chi connectivity index (χ2v) is 5.89. The molecule has 0 N–H and O–H groups in total. The van der Waals surface area contributed by atoms with Crippen molar-refractivity contribution in [2.45, 2.75) is 0 Å². The summed E-state index contributed by atoms with van der Waals surface area (Å²) in [5, 5.41) is 0.840. The molecule has 19 heavy (non-hydrogen) atoms. The first-order valence-electron chi connectivity index (χ1n) is 5.36. The van der Waals surface area contributed by atoms with Gasteiger partial charge >= 0.3 is 0 Å². The normalized spacial score (nSPS) is 10.3. The van der Waals surface area contributed by atoms with Gasteiger partial charge in [0.1, 0.15) is 5.75 Å². The fourth-order valence-corrected chi connectivity index (χ4v) is 2.54. The molecule has 0 fully saturated rings. The summed E-state index contributed by atoms with van der Waals surface area (Å²) in [6, 6.07) is 10.2. The first-order chi connectivity index (χ1) is 9.02. The maximum Gasteiger partial charge on any atom is 0.198 e. The van der Waals surface area contributed by atoms with Crippen LogP contribution in [0.4, 0.5) is 0 Å². The Bertz CT molecular complexity index is 641. The number of hydrogen-bond donors (Lipinski definition) is 0. The molecule has 0 atom stereocenters. The minimum Gasteiger partial charge on any atom is -0.496 e. The van der Waals surface area contributed by atoms with Crippen molar-refractivity contribution in [3.63, 3.8) is 0 Å². The van der Waals surface area contributed by atoms with E-state index >= 15 is 0 Å². The van der Waals surface area contributed by atoms with E-state index in [0.29, 0.717) is 26.9 Å². The lowest BCUT2D eigenvalue weighted by atomic mass is 10.0. The maximum absolute atomic E-state index is 12.5. The highest BCUT2D eigenvalue weighted by molar-refractivity contribution is 14.1. The minimum absolute atomic E-state index is 0.206. The smallest absolute Gasteiger partial charge is 0.198 e. The third kappa shape index (κ3) is 3.22. The van der Waals surface area contributed by atoms with Gasteiger partial charge < -0.3 is 4.74 Å². The van der Waals surface area contributed by atoms with Gasteiger partial charge in [0.2, 0.25) is 0 Å². The molecule has 0 aromatic heterocycles. The molecule has 2 aromatic carbocycles. The monoisotopic (exact) mass is 406 g/mol. The molecule has 0 saturated heterocycles. The fraction of sp³-hybridized carbons (Fsp3) is 0.0714. The summed E-state index contributed by atoms with van der Waals surface area (Å²) in [7, 11) is 1.53. The van der Waals surface area contributed by atoms with Gasteiger partial charge in [-0.1, -0.05) is 23.2 Å². The van der Waals surface area contributed by atoms with Crippen LogP contribution >= 0.6 is 45.8 Å². The molecular weight excluding hydrogens is 398 g/mol. The van der Waals surface area contributed by atoms with Crippen molar-refractivity contribution in [3.8, 4) is 5.75 Å². The Morgan fingerprint density at radius 3 is 2.53 bits per heavy atom. The van der Waals surface area contributed by atoms with Crippen molar-refractivity contribution in [2.75, 3.05) is 7.11 Å². The Hall–Kier alpha value is -0.780. The lowest BCUT2D eigenvalue weighted by molar-refractivity contribution is 0.103. The summed E-state index contributed by atoms with van der Waals surface area (Å²) in [5.41, 5.74) is 0.841. The van der Waals surface area contributed by atoms with Crippen LogP contribution in [-0.2, 0) is 0 Å². The Labute approximate surface area is 134 Å². The predicted octanol–water partition coefficient (Wildman–Crippen LogP) is 4.84. The van der Waals surface area contributed by atoms with E-state index < -0.39 is 0 Å². The van der Waals surface area contributed by atoms with E-state index in [1.54, 1.807) is 30.3 Å². The molecule has 0 aliphatic rings. The zero-order valence-electron chi connectivity index (χ0n) is 9.91. The van der Waals surface area contributed by atoms with Crippen molar-refractivity contribution in [2.24, 2.45) is 0 Å². The first kappa shape index (κ1) is 14.6. The highest BCUT2D eigenvalue weighted by atomic mass is 127. The third-order valence-electron chi connectivity index (χ3n) is 2.58. The highest BCUT2D eigenvalue weighted by Crippen LogP contribution is 2.28. The lowest BCUT2D eigenvalue weighted by Gasteiger charge is -2.09. The van der Waals surface area contributed by atoms with Crippen molar-refractivity contribution in [1.29, 1.82) is 0 Å². The second kappa shape index (κ2) is 6.11. The van der Waals surface area contributed by atoms with Gasteiger partial charge in [-0.2, -0.15) is 0 Å². The zero-order chi connectivity index (χ0) is 14.0. The molecule has 0 saturated carbocycles. The average molecular weight is 407 g/mol. The van der Waals surface area contributed by atoms with E-state index in [2.05, 4.69) is 22.6 Å². The zero-order valence-corrected chi connectivity index (χ0v) is 13.6. The van der Waals surface area contributed by atoms with Gasteiger partial charge in [-0.05, 0) is 59.0 Å². The van der Waals surface area contributed by atoms with E-state index in [1.165, 1.54) is 7.11 Å². The van der Waals surface area contributed by atoms with Gasteiger partial charge in [-0.25, -0.2) is 0 Å². The lowest BCUT2D eigenvalue weighted by Crippen LogP contribution is -2.05. The molecule has 5 heteroatoms. The molecular formula is C14H9Cl2IO2. The van der Waals surface area contributed by atoms with Crippen LogP contribution in [0.25, 0.3) is 0 Å². The molecule has 0 aliphatic carbocycles. The van der Waals surface area contributed by atoms with Crippen LogP contribution in [0.1, 0.15) is 15.9 Å². The molecule has 0 spiro atoms. The number of benzene rings is 2. The number of methoxy groups -OCH3 is 1. The molecule has 2 aromatic rings. The number of carbonyl (C=O) groups is 1. The SMILES string of the molecule is COc1ccc(I)cc1C(=O)c1cc(Cl)ccc1Cl. The summed E-state index contributed by atoms with van der Waals surface area (Å²) in [4.78, 5) is 12.5. The number of carbonyl (C=O) groups excluding carboxylic acids is 1. The van der Waals surface area contributed by atoms with Crippen LogP contribution < -0.4 is 4.74 Å². The van der Waals surface area contributed by atoms with Crippen LogP contribution in [0.5, 0.6) is 5.75 Å². The molecule has 0 aliphatic heterocycles. The van der Waals surface area contributed by atoms with Gasteiger partial charge in [0.15, 0.2) is 5.78 Å². The number of ether oxygens (including phenoxy) is 1. The molecule has 0 amide bonds. The third-order valence-corrected chi connectivity index (χ3v) is 3.81. The molecule has 0 radical (unpaired) electrons. The molecule has 0 unspecified atom stereocenters. The predicted molar refractivity (Wildman–Crippen MR) is 85.6 cm³/mol. The van der Waals surface area contributed by atoms with Crippen molar-refractivity contribution >= 4 is 51.6 Å². The van der Waals surface area contributed by atoms with Crippen molar-refractivity contribution in [1.82, 2.24) is 0 Å². The van der Waals surface area contributed by atoms with E-state index in [4.69, 9.17) is 27.9 Å². The van der Waals surface area contributed by atoms with Crippen LogP contribution in [0.15, 0.2) is 36.4 Å². The van der Waals surface area contributed by atoms with Gasteiger partial charge in [0, 0.05) is 14.2 Å². The molecule has 98 valence electrons.